The van der Waals surface area contributed by atoms with E-state index in [0.717, 1.165) is 44.8 Å². The van der Waals surface area contributed by atoms with E-state index in [-0.39, 0.29) is 17.1 Å². The molecule has 0 saturated carbocycles. The van der Waals surface area contributed by atoms with Crippen LogP contribution in [0.4, 0.5) is 0 Å². The lowest BCUT2D eigenvalue weighted by Crippen LogP contribution is -2.38. The van der Waals surface area contributed by atoms with Gasteiger partial charge in [0.25, 0.3) is 5.91 Å². The van der Waals surface area contributed by atoms with Crippen molar-refractivity contribution < 1.29 is 18.7 Å². The fourth-order valence-corrected chi connectivity index (χ4v) is 4.54. The molecule has 0 spiro atoms. The third kappa shape index (κ3) is 3.65. The molecule has 2 aliphatic rings. The first kappa shape index (κ1) is 20.7. The number of nitrogens with zero attached hydrogens (tertiary/aromatic N) is 3. The molecule has 1 aromatic carbocycles. The molecule has 32 heavy (non-hydrogen) atoms. The zero-order chi connectivity index (χ0) is 22.1. The summed E-state index contributed by atoms with van der Waals surface area (Å²) < 4.78 is 16.7. The monoisotopic (exact) mass is 435 g/mol. The van der Waals surface area contributed by atoms with Gasteiger partial charge in [-0.1, -0.05) is 0 Å². The van der Waals surface area contributed by atoms with Crippen LogP contribution in [-0.2, 0) is 4.74 Å². The summed E-state index contributed by atoms with van der Waals surface area (Å²) in [4.78, 5) is 35.1. The van der Waals surface area contributed by atoms with Crippen LogP contribution in [0.1, 0.15) is 34.1 Å². The van der Waals surface area contributed by atoms with Crippen LogP contribution in [0.5, 0.6) is 5.75 Å². The summed E-state index contributed by atoms with van der Waals surface area (Å²) in [5.41, 5.74) is 1.41. The van der Waals surface area contributed by atoms with E-state index in [1.54, 1.807) is 42.6 Å². The molecular formula is C24H25N3O5. The average Bonchev–Trinajstić information content (AvgIpc) is 3.12. The van der Waals surface area contributed by atoms with E-state index < -0.39 is 6.04 Å². The lowest BCUT2D eigenvalue weighted by Gasteiger charge is -2.29. The molecule has 8 heteroatoms. The average molecular weight is 435 g/mol. The molecule has 1 fully saturated rings. The van der Waals surface area contributed by atoms with Gasteiger partial charge >= 0.3 is 0 Å². The highest BCUT2D eigenvalue weighted by molar-refractivity contribution is 5.99. The predicted molar refractivity (Wildman–Crippen MR) is 118 cm³/mol. The number of rotatable bonds is 6. The van der Waals surface area contributed by atoms with Crippen molar-refractivity contribution >= 4 is 16.9 Å². The fraction of sp³-hybridized carbons (Fsp3) is 0.375. The van der Waals surface area contributed by atoms with Gasteiger partial charge in [0.15, 0.2) is 5.43 Å². The van der Waals surface area contributed by atoms with Crippen LogP contribution in [0.25, 0.3) is 11.0 Å². The summed E-state index contributed by atoms with van der Waals surface area (Å²) in [6, 6.07) is 8.26. The number of pyridine rings is 1. The van der Waals surface area contributed by atoms with Crippen molar-refractivity contribution in [1.29, 1.82) is 0 Å². The van der Waals surface area contributed by atoms with Crippen LogP contribution in [0, 0.1) is 0 Å². The van der Waals surface area contributed by atoms with Gasteiger partial charge in [0.05, 0.1) is 37.3 Å². The second-order valence-electron chi connectivity index (χ2n) is 8.03. The lowest BCUT2D eigenvalue weighted by molar-refractivity contribution is 0.0353. The molecule has 0 unspecified atom stereocenters. The van der Waals surface area contributed by atoms with Crippen molar-refractivity contribution in [3.63, 3.8) is 0 Å². The molecule has 2 aromatic heterocycles. The lowest BCUT2D eigenvalue weighted by atomic mass is 9.99. The highest BCUT2D eigenvalue weighted by Crippen LogP contribution is 2.38. The van der Waals surface area contributed by atoms with Crippen molar-refractivity contribution in [2.45, 2.75) is 12.5 Å². The molecule has 2 aliphatic heterocycles. The summed E-state index contributed by atoms with van der Waals surface area (Å²) in [6.45, 7) is 4.66. The molecule has 0 radical (unpaired) electrons. The molecule has 5 rings (SSSR count). The largest absolute Gasteiger partial charge is 0.497 e. The topological polar surface area (TPSA) is 85.1 Å². The van der Waals surface area contributed by atoms with Gasteiger partial charge in [-0.25, -0.2) is 0 Å². The van der Waals surface area contributed by atoms with Crippen LogP contribution in [0.3, 0.4) is 0 Å². The number of methoxy groups -OCH3 is 1. The van der Waals surface area contributed by atoms with Gasteiger partial charge in [-0.3, -0.25) is 19.5 Å². The van der Waals surface area contributed by atoms with E-state index in [1.165, 1.54) is 0 Å². The normalized spacial score (nSPS) is 18.8. The molecule has 1 atom stereocenters. The van der Waals surface area contributed by atoms with Crippen LogP contribution in [0.2, 0.25) is 0 Å². The zero-order valence-corrected chi connectivity index (χ0v) is 18.0. The number of benzene rings is 1. The highest BCUT2D eigenvalue weighted by atomic mass is 16.5. The minimum absolute atomic E-state index is 0.115. The molecule has 166 valence electrons. The summed E-state index contributed by atoms with van der Waals surface area (Å²) in [5.74, 6) is 0.425. The van der Waals surface area contributed by atoms with Crippen molar-refractivity contribution in [2.75, 3.05) is 46.5 Å². The van der Waals surface area contributed by atoms with Gasteiger partial charge in [0.1, 0.15) is 11.3 Å². The van der Waals surface area contributed by atoms with E-state index in [4.69, 9.17) is 13.9 Å². The van der Waals surface area contributed by atoms with Crippen molar-refractivity contribution in [1.82, 2.24) is 14.8 Å². The number of fused-ring (bicyclic) bond motifs is 2. The van der Waals surface area contributed by atoms with Gasteiger partial charge < -0.3 is 18.8 Å². The van der Waals surface area contributed by atoms with Crippen molar-refractivity contribution in [3.8, 4) is 5.75 Å². The molecule has 1 amide bonds. The standard InChI is InChI=1S/C24H25N3O5/c1-30-17-3-4-18-19(15-17)32-23-20(22(18)28)21(16-5-7-25-8-6-16)27(24(23)29)10-2-9-26-11-13-31-14-12-26/h3-8,15,21H,2,9-14H2,1H3/t21-/m0/s1. The van der Waals surface area contributed by atoms with E-state index >= 15 is 0 Å². The number of morpholine rings is 1. The number of carbonyl (C=O) groups excluding carboxylic acids is 1. The summed E-state index contributed by atoms with van der Waals surface area (Å²) in [6.07, 6.45) is 4.15. The Morgan fingerprint density at radius 3 is 2.62 bits per heavy atom. The molecule has 4 heterocycles. The SMILES string of the molecule is COc1ccc2c(=O)c3c(oc2c1)C(=O)N(CCCN1CCOCC1)[C@H]3c1ccncc1. The van der Waals surface area contributed by atoms with Crippen LogP contribution >= 0.6 is 0 Å². The Bertz CT molecular complexity index is 1190. The van der Waals surface area contributed by atoms with Crippen molar-refractivity contribution in [2.24, 2.45) is 0 Å². The molecule has 1 saturated heterocycles. The molecule has 0 bridgehead atoms. The Labute approximate surface area is 185 Å². The summed E-state index contributed by atoms with van der Waals surface area (Å²) >= 11 is 0. The van der Waals surface area contributed by atoms with Crippen LogP contribution in [-0.4, -0.2) is 67.2 Å². The number of amides is 1. The number of ether oxygens (including phenoxy) is 2. The van der Waals surface area contributed by atoms with Gasteiger partial charge in [0, 0.05) is 44.6 Å². The number of hydrogen-bond donors (Lipinski definition) is 0. The summed E-state index contributed by atoms with van der Waals surface area (Å²) in [5, 5.41) is 0.437. The van der Waals surface area contributed by atoms with E-state index in [1.807, 2.05) is 12.1 Å². The summed E-state index contributed by atoms with van der Waals surface area (Å²) in [7, 11) is 1.55. The Hall–Kier alpha value is -3.23. The van der Waals surface area contributed by atoms with E-state index in [0.29, 0.717) is 28.8 Å². The van der Waals surface area contributed by atoms with Gasteiger partial charge in [-0.15, -0.1) is 0 Å². The van der Waals surface area contributed by atoms with E-state index in [9.17, 15) is 9.59 Å². The number of aromatic nitrogens is 1. The Kier molecular flexibility index (Phi) is 5.63. The quantitative estimate of drug-likeness (QED) is 0.588. The van der Waals surface area contributed by atoms with E-state index in [2.05, 4.69) is 9.88 Å². The second kappa shape index (κ2) is 8.72. The van der Waals surface area contributed by atoms with Gasteiger partial charge in [-0.2, -0.15) is 0 Å². The molecular weight excluding hydrogens is 410 g/mol. The molecule has 3 aromatic rings. The first-order chi connectivity index (χ1) is 15.7. The van der Waals surface area contributed by atoms with Crippen LogP contribution in [0.15, 0.2) is 51.9 Å². The maximum atomic E-state index is 13.5. The maximum absolute atomic E-state index is 13.5. The third-order valence-corrected chi connectivity index (χ3v) is 6.17. The molecule has 0 N–H and O–H groups in total. The minimum atomic E-state index is -0.493. The Morgan fingerprint density at radius 2 is 1.88 bits per heavy atom. The van der Waals surface area contributed by atoms with Gasteiger partial charge in [0.2, 0.25) is 5.76 Å². The Balaban J connectivity index is 1.52. The number of carbonyl (C=O) groups is 1. The predicted octanol–water partition coefficient (Wildman–Crippen LogP) is 2.46. The highest BCUT2D eigenvalue weighted by Gasteiger charge is 2.42. The Morgan fingerprint density at radius 1 is 1.09 bits per heavy atom. The maximum Gasteiger partial charge on any atom is 0.290 e. The second-order valence-corrected chi connectivity index (χ2v) is 8.03. The first-order valence-corrected chi connectivity index (χ1v) is 10.8. The zero-order valence-electron chi connectivity index (χ0n) is 18.0. The molecule has 8 nitrogen and oxygen atoms in total. The van der Waals surface area contributed by atoms with Gasteiger partial charge in [-0.05, 0) is 36.2 Å². The molecule has 0 aliphatic carbocycles. The third-order valence-electron chi connectivity index (χ3n) is 6.17. The number of hydrogen-bond acceptors (Lipinski definition) is 7. The first-order valence-electron chi connectivity index (χ1n) is 10.8. The minimum Gasteiger partial charge on any atom is -0.497 e. The smallest absolute Gasteiger partial charge is 0.290 e. The fourth-order valence-electron chi connectivity index (χ4n) is 4.54. The van der Waals surface area contributed by atoms with Crippen LogP contribution < -0.4 is 10.2 Å². The van der Waals surface area contributed by atoms with Crippen molar-refractivity contribution in [3.05, 3.63) is 69.8 Å².